The van der Waals surface area contributed by atoms with Crippen molar-refractivity contribution in [3.8, 4) is 11.1 Å². The second-order valence-electron chi connectivity index (χ2n) is 7.02. The number of nitrogens with one attached hydrogen (secondary N) is 1. The number of sulfonamides is 1. The van der Waals surface area contributed by atoms with Gasteiger partial charge < -0.3 is 5.11 Å². The average Bonchev–Trinajstić information content (AvgIpc) is 2.97. The van der Waals surface area contributed by atoms with E-state index in [1.54, 1.807) is 13.8 Å². The van der Waals surface area contributed by atoms with Crippen LogP contribution in [-0.2, 0) is 15.6 Å². The minimum absolute atomic E-state index is 0.484. The molecule has 0 unspecified atom stereocenters. The Morgan fingerprint density at radius 1 is 1.04 bits per heavy atom. The van der Waals surface area contributed by atoms with Crippen molar-refractivity contribution < 1.29 is 13.5 Å². The molecule has 2 aromatic rings. The zero-order valence-corrected chi connectivity index (χ0v) is 15.5. The summed E-state index contributed by atoms with van der Waals surface area (Å²) in [7, 11) is -3.42. The molecule has 0 heterocycles. The van der Waals surface area contributed by atoms with Gasteiger partial charge in [-0.15, -0.1) is 0 Å². The summed E-state index contributed by atoms with van der Waals surface area (Å²) in [5.74, 6) is 0. The molecule has 2 aromatic carbocycles. The molecule has 2 atom stereocenters. The van der Waals surface area contributed by atoms with Gasteiger partial charge in [-0.05, 0) is 49.8 Å². The van der Waals surface area contributed by atoms with Crippen molar-refractivity contribution in [3.63, 3.8) is 0 Å². The van der Waals surface area contributed by atoms with Gasteiger partial charge in [-0.1, -0.05) is 54.6 Å². The molecule has 0 aliphatic heterocycles. The van der Waals surface area contributed by atoms with Crippen LogP contribution in [0.1, 0.15) is 38.7 Å². The maximum atomic E-state index is 12.2. The van der Waals surface area contributed by atoms with Crippen LogP contribution in [0.3, 0.4) is 0 Å². The largest absolute Gasteiger partial charge is 0.383 e. The van der Waals surface area contributed by atoms with Crippen molar-refractivity contribution in [3.05, 3.63) is 60.2 Å². The van der Waals surface area contributed by atoms with E-state index in [1.807, 2.05) is 54.6 Å². The minimum Gasteiger partial charge on any atom is -0.383 e. The molecule has 1 fully saturated rings. The fraction of sp³-hybridized carbons (Fsp3) is 0.400. The Morgan fingerprint density at radius 2 is 1.64 bits per heavy atom. The molecule has 0 aromatic heterocycles. The molecule has 3 rings (SSSR count). The average molecular weight is 359 g/mol. The lowest BCUT2D eigenvalue weighted by Gasteiger charge is -2.31. The summed E-state index contributed by atoms with van der Waals surface area (Å²) in [5, 5.41) is 10.7. The van der Waals surface area contributed by atoms with Crippen LogP contribution in [-0.4, -0.2) is 24.8 Å². The molecule has 2 N–H and O–H groups in total. The van der Waals surface area contributed by atoms with Gasteiger partial charge in [-0.25, -0.2) is 13.1 Å². The van der Waals surface area contributed by atoms with Gasteiger partial charge in [0.15, 0.2) is 0 Å². The number of hydrogen-bond acceptors (Lipinski definition) is 3. The van der Waals surface area contributed by atoms with E-state index in [4.69, 9.17) is 0 Å². The highest BCUT2D eigenvalue weighted by molar-refractivity contribution is 7.90. The van der Waals surface area contributed by atoms with E-state index in [-0.39, 0.29) is 0 Å². The number of rotatable bonds is 5. The van der Waals surface area contributed by atoms with E-state index >= 15 is 0 Å². The molecule has 0 bridgehead atoms. The SMILES string of the molecule is CC(C)S(=O)(=O)N[C@H]1CCC[C@]1(O)c1ccc(-c2ccccc2)cc1. The zero-order valence-electron chi connectivity index (χ0n) is 14.6. The van der Waals surface area contributed by atoms with Crippen LogP contribution in [0.4, 0.5) is 0 Å². The lowest BCUT2D eigenvalue weighted by atomic mass is 9.88. The van der Waals surface area contributed by atoms with Gasteiger partial charge in [0.05, 0.1) is 11.3 Å². The maximum Gasteiger partial charge on any atom is 0.214 e. The van der Waals surface area contributed by atoms with Crippen LogP contribution < -0.4 is 4.72 Å². The van der Waals surface area contributed by atoms with Gasteiger partial charge in [0.1, 0.15) is 5.60 Å². The van der Waals surface area contributed by atoms with Crippen LogP contribution in [0.25, 0.3) is 11.1 Å². The highest BCUT2D eigenvalue weighted by Crippen LogP contribution is 2.40. The molecular weight excluding hydrogens is 334 g/mol. The van der Waals surface area contributed by atoms with E-state index in [0.717, 1.165) is 23.1 Å². The Labute approximate surface area is 150 Å². The third-order valence-electron chi connectivity index (χ3n) is 5.05. The van der Waals surface area contributed by atoms with Crippen LogP contribution in [0.5, 0.6) is 0 Å². The van der Waals surface area contributed by atoms with E-state index in [2.05, 4.69) is 4.72 Å². The maximum absolute atomic E-state index is 12.2. The third kappa shape index (κ3) is 3.64. The third-order valence-corrected chi connectivity index (χ3v) is 6.90. The minimum atomic E-state index is -3.42. The first kappa shape index (κ1) is 18.1. The quantitative estimate of drug-likeness (QED) is 0.860. The number of hydrogen-bond donors (Lipinski definition) is 2. The summed E-state index contributed by atoms with van der Waals surface area (Å²) in [4.78, 5) is 0. The molecule has 1 aliphatic rings. The molecule has 5 heteroatoms. The Hall–Kier alpha value is -1.69. The Kier molecular flexibility index (Phi) is 5.00. The molecule has 1 aliphatic carbocycles. The molecule has 4 nitrogen and oxygen atoms in total. The monoisotopic (exact) mass is 359 g/mol. The molecule has 0 saturated heterocycles. The lowest BCUT2D eigenvalue weighted by molar-refractivity contribution is 0.0231. The van der Waals surface area contributed by atoms with Crippen LogP contribution in [0.2, 0.25) is 0 Å². The highest BCUT2D eigenvalue weighted by atomic mass is 32.2. The van der Waals surface area contributed by atoms with Crippen molar-refractivity contribution in [2.45, 2.75) is 50.0 Å². The van der Waals surface area contributed by atoms with Gasteiger partial charge in [-0.2, -0.15) is 0 Å². The highest BCUT2D eigenvalue weighted by Gasteiger charge is 2.44. The van der Waals surface area contributed by atoms with Crippen molar-refractivity contribution in [2.24, 2.45) is 0 Å². The van der Waals surface area contributed by atoms with Crippen molar-refractivity contribution in [1.82, 2.24) is 4.72 Å². The fourth-order valence-corrected chi connectivity index (χ4v) is 4.39. The Balaban J connectivity index is 1.86. The smallest absolute Gasteiger partial charge is 0.214 e. The summed E-state index contributed by atoms with van der Waals surface area (Å²) < 4.78 is 27.2. The van der Waals surface area contributed by atoms with Crippen molar-refractivity contribution in [1.29, 1.82) is 0 Å². The summed E-state index contributed by atoms with van der Waals surface area (Å²) in [6, 6.07) is 17.3. The predicted octanol–water partition coefficient (Wildman–Crippen LogP) is 3.42. The van der Waals surface area contributed by atoms with E-state index in [1.165, 1.54) is 0 Å². The Bertz CT molecular complexity index is 816. The van der Waals surface area contributed by atoms with Gasteiger partial charge >= 0.3 is 0 Å². The molecule has 0 radical (unpaired) electrons. The first-order chi connectivity index (χ1) is 11.8. The molecule has 134 valence electrons. The second-order valence-corrected chi connectivity index (χ2v) is 9.29. The zero-order chi connectivity index (χ0) is 18.1. The number of benzene rings is 2. The van der Waals surface area contributed by atoms with Crippen LogP contribution in [0.15, 0.2) is 54.6 Å². The molecule has 25 heavy (non-hydrogen) atoms. The van der Waals surface area contributed by atoms with Crippen molar-refractivity contribution >= 4 is 10.0 Å². The van der Waals surface area contributed by atoms with Crippen molar-refractivity contribution in [2.75, 3.05) is 0 Å². The summed E-state index contributed by atoms with van der Waals surface area (Å²) in [6.07, 6.45) is 1.99. The van der Waals surface area contributed by atoms with Crippen LogP contribution in [0, 0.1) is 0 Å². The molecule has 1 saturated carbocycles. The van der Waals surface area contributed by atoms with Gasteiger partial charge in [0, 0.05) is 0 Å². The number of aliphatic hydroxyl groups is 1. The topological polar surface area (TPSA) is 66.4 Å². The second kappa shape index (κ2) is 6.90. The summed E-state index contributed by atoms with van der Waals surface area (Å²) >= 11 is 0. The standard InChI is InChI=1S/C20H25NO3S/c1-15(2)25(23,24)21-19-9-6-14-20(19,22)18-12-10-17(11-13-18)16-7-4-3-5-8-16/h3-5,7-8,10-13,15,19,21-22H,6,9,14H2,1-2H3/t19-,20-/m0/s1. The van der Waals surface area contributed by atoms with E-state index in [9.17, 15) is 13.5 Å². The predicted molar refractivity (Wildman–Crippen MR) is 101 cm³/mol. The van der Waals surface area contributed by atoms with Crippen LogP contribution >= 0.6 is 0 Å². The molecule has 0 spiro atoms. The fourth-order valence-electron chi connectivity index (χ4n) is 3.41. The molecule has 0 amide bonds. The summed E-state index contributed by atoms with van der Waals surface area (Å²) in [6.45, 7) is 3.29. The first-order valence-corrected chi connectivity index (χ1v) is 10.3. The summed E-state index contributed by atoms with van der Waals surface area (Å²) in [5.41, 5.74) is 1.80. The van der Waals surface area contributed by atoms with Gasteiger partial charge in [0.2, 0.25) is 10.0 Å². The Morgan fingerprint density at radius 3 is 2.24 bits per heavy atom. The van der Waals surface area contributed by atoms with E-state index in [0.29, 0.717) is 12.8 Å². The van der Waals surface area contributed by atoms with E-state index < -0.39 is 26.9 Å². The molecular formula is C20H25NO3S. The first-order valence-electron chi connectivity index (χ1n) is 8.72. The lowest BCUT2D eigenvalue weighted by Crippen LogP contribution is -2.48. The normalized spacial score (nSPS) is 23.9. The van der Waals surface area contributed by atoms with Gasteiger partial charge in [0.25, 0.3) is 0 Å². The van der Waals surface area contributed by atoms with Gasteiger partial charge in [-0.3, -0.25) is 0 Å².